The normalized spacial score (nSPS) is 13.3. The molecule has 0 spiro atoms. The molecule has 106 valence electrons. The van der Waals surface area contributed by atoms with Crippen molar-refractivity contribution in [1.82, 2.24) is 0 Å². The molecular weight excluding hydrogens is 272 g/mol. The van der Waals surface area contributed by atoms with Crippen LogP contribution in [0, 0.1) is 0 Å². The van der Waals surface area contributed by atoms with Crippen molar-refractivity contribution in [1.29, 1.82) is 0 Å². The Hall–Kier alpha value is -2.74. The van der Waals surface area contributed by atoms with E-state index in [1.807, 2.05) is 30.3 Å². The van der Waals surface area contributed by atoms with E-state index in [0.29, 0.717) is 5.75 Å². The molecular formula is C20H14O2. The van der Waals surface area contributed by atoms with Crippen LogP contribution >= 0.6 is 0 Å². The smallest absolute Gasteiger partial charge is 0.147 e. The van der Waals surface area contributed by atoms with Gasteiger partial charge >= 0.3 is 0 Å². The van der Waals surface area contributed by atoms with Crippen LogP contribution in [-0.2, 0) is 12.8 Å². The molecule has 2 heteroatoms. The minimum atomic E-state index is 0.318. The number of phenolic OH excluding ortho intramolecular Hbond substituents is 1. The van der Waals surface area contributed by atoms with E-state index in [2.05, 4.69) is 24.3 Å². The highest BCUT2D eigenvalue weighted by Gasteiger charge is 2.23. The fourth-order valence-electron chi connectivity index (χ4n) is 3.67. The van der Waals surface area contributed by atoms with Gasteiger partial charge in [-0.15, -0.1) is 0 Å². The minimum absolute atomic E-state index is 0.318. The Balaban J connectivity index is 2.01. The molecule has 22 heavy (non-hydrogen) atoms. The fourth-order valence-corrected chi connectivity index (χ4v) is 3.67. The van der Waals surface area contributed by atoms with Crippen LogP contribution in [-0.4, -0.2) is 5.11 Å². The number of hydrogen-bond donors (Lipinski definition) is 1. The van der Waals surface area contributed by atoms with E-state index in [-0.39, 0.29) is 0 Å². The maximum absolute atomic E-state index is 10.5. The number of phenols is 1. The number of para-hydroxylation sites is 1. The summed E-state index contributed by atoms with van der Waals surface area (Å²) in [6.07, 6.45) is 1.95. The molecule has 0 saturated heterocycles. The molecule has 2 nitrogen and oxygen atoms in total. The molecule has 4 aromatic rings. The maximum atomic E-state index is 10.5. The van der Waals surface area contributed by atoms with Crippen LogP contribution in [0.2, 0.25) is 0 Å². The van der Waals surface area contributed by atoms with Crippen LogP contribution in [0.3, 0.4) is 0 Å². The van der Waals surface area contributed by atoms with Crippen molar-refractivity contribution in [2.24, 2.45) is 0 Å². The van der Waals surface area contributed by atoms with Crippen molar-refractivity contribution in [2.45, 2.75) is 12.8 Å². The first-order valence-corrected chi connectivity index (χ1v) is 7.57. The summed E-state index contributed by atoms with van der Waals surface area (Å²) < 4.78 is 6.13. The zero-order chi connectivity index (χ0) is 14.7. The van der Waals surface area contributed by atoms with Crippen LogP contribution in [0.4, 0.5) is 0 Å². The molecule has 5 rings (SSSR count). The molecule has 1 heterocycles. The van der Waals surface area contributed by atoms with Crippen LogP contribution < -0.4 is 0 Å². The second-order valence-electron chi connectivity index (χ2n) is 5.89. The number of hydrogen-bond acceptors (Lipinski definition) is 2. The fraction of sp³-hybridized carbons (Fsp3) is 0.100. The van der Waals surface area contributed by atoms with Crippen LogP contribution in [0.15, 0.2) is 59.0 Å². The van der Waals surface area contributed by atoms with E-state index in [9.17, 15) is 5.11 Å². The molecule has 0 fully saturated rings. The molecule has 3 aromatic carbocycles. The van der Waals surface area contributed by atoms with E-state index in [4.69, 9.17) is 4.42 Å². The summed E-state index contributed by atoms with van der Waals surface area (Å²) in [7, 11) is 0. The lowest BCUT2D eigenvalue weighted by molar-refractivity contribution is 0.480. The average Bonchev–Trinajstić information content (AvgIpc) is 2.94. The van der Waals surface area contributed by atoms with Crippen molar-refractivity contribution in [3.05, 3.63) is 65.7 Å². The molecule has 0 amide bonds. The molecule has 0 unspecified atom stereocenters. The van der Waals surface area contributed by atoms with Crippen molar-refractivity contribution >= 4 is 21.9 Å². The zero-order valence-corrected chi connectivity index (χ0v) is 12.0. The van der Waals surface area contributed by atoms with Crippen LogP contribution in [0.1, 0.15) is 11.1 Å². The number of fused-ring (bicyclic) bond motifs is 7. The number of benzene rings is 3. The molecule has 1 N–H and O–H groups in total. The minimum Gasteiger partial charge on any atom is -0.507 e. The van der Waals surface area contributed by atoms with Crippen molar-refractivity contribution in [3.8, 4) is 16.9 Å². The molecule has 0 bridgehead atoms. The summed E-state index contributed by atoms with van der Waals surface area (Å²) >= 11 is 0. The van der Waals surface area contributed by atoms with Crippen LogP contribution in [0.25, 0.3) is 33.1 Å². The van der Waals surface area contributed by atoms with Gasteiger partial charge in [0.25, 0.3) is 0 Å². The summed E-state index contributed by atoms with van der Waals surface area (Å²) in [6, 6.07) is 18.3. The van der Waals surface area contributed by atoms with Gasteiger partial charge in [0, 0.05) is 10.9 Å². The monoisotopic (exact) mass is 286 g/mol. The Kier molecular flexibility index (Phi) is 2.23. The Morgan fingerprint density at radius 3 is 2.59 bits per heavy atom. The molecule has 0 saturated carbocycles. The first kappa shape index (κ1) is 11.9. The molecule has 0 radical (unpaired) electrons. The summed E-state index contributed by atoms with van der Waals surface area (Å²) in [5.41, 5.74) is 6.52. The van der Waals surface area contributed by atoms with Gasteiger partial charge in [0.15, 0.2) is 0 Å². The van der Waals surface area contributed by atoms with E-state index < -0.39 is 0 Å². The topological polar surface area (TPSA) is 33.4 Å². The van der Waals surface area contributed by atoms with Gasteiger partial charge in [0.2, 0.25) is 0 Å². The third-order valence-corrected chi connectivity index (χ3v) is 4.66. The maximum Gasteiger partial charge on any atom is 0.147 e. The largest absolute Gasteiger partial charge is 0.507 e. The lowest BCUT2D eigenvalue weighted by Gasteiger charge is -2.20. The third kappa shape index (κ3) is 1.44. The number of aryl methyl sites for hydroxylation is 2. The van der Waals surface area contributed by atoms with Gasteiger partial charge in [-0.3, -0.25) is 0 Å². The Morgan fingerprint density at radius 1 is 0.864 bits per heavy atom. The van der Waals surface area contributed by atoms with Gasteiger partial charge in [0.05, 0.1) is 5.39 Å². The lowest BCUT2D eigenvalue weighted by Crippen LogP contribution is -2.03. The van der Waals surface area contributed by atoms with Gasteiger partial charge in [-0.2, -0.15) is 0 Å². The van der Waals surface area contributed by atoms with E-state index in [0.717, 1.165) is 40.3 Å². The summed E-state index contributed by atoms with van der Waals surface area (Å²) in [5, 5.41) is 12.3. The van der Waals surface area contributed by atoms with Gasteiger partial charge < -0.3 is 9.52 Å². The van der Waals surface area contributed by atoms with Crippen molar-refractivity contribution in [2.75, 3.05) is 0 Å². The van der Waals surface area contributed by atoms with E-state index in [1.54, 1.807) is 0 Å². The highest BCUT2D eigenvalue weighted by atomic mass is 16.3. The first-order valence-electron chi connectivity index (χ1n) is 7.57. The van der Waals surface area contributed by atoms with Crippen molar-refractivity contribution < 1.29 is 9.52 Å². The first-order chi connectivity index (χ1) is 10.8. The highest BCUT2D eigenvalue weighted by Crippen LogP contribution is 2.45. The van der Waals surface area contributed by atoms with Gasteiger partial charge in [-0.05, 0) is 41.7 Å². The Labute approximate surface area is 127 Å². The highest BCUT2D eigenvalue weighted by molar-refractivity contribution is 6.13. The Bertz CT molecular complexity index is 1040. The van der Waals surface area contributed by atoms with E-state index >= 15 is 0 Å². The predicted octanol–water partition coefficient (Wildman–Crippen LogP) is 5.06. The second-order valence-corrected chi connectivity index (χ2v) is 5.89. The van der Waals surface area contributed by atoms with Crippen LogP contribution in [0.5, 0.6) is 5.75 Å². The van der Waals surface area contributed by atoms with Gasteiger partial charge in [-0.1, -0.05) is 42.5 Å². The quantitative estimate of drug-likeness (QED) is 0.490. The standard InChI is InChI=1S/C20H14O2/c21-16-11-13-10-9-12-5-1-2-6-14(12)18(13)20-19(16)15-7-3-4-8-17(15)22-20/h1-8,11,21H,9-10H2. The summed E-state index contributed by atoms with van der Waals surface area (Å²) in [4.78, 5) is 0. The Morgan fingerprint density at radius 2 is 1.64 bits per heavy atom. The zero-order valence-electron chi connectivity index (χ0n) is 12.0. The molecule has 1 aromatic heterocycles. The van der Waals surface area contributed by atoms with E-state index in [1.165, 1.54) is 16.7 Å². The number of rotatable bonds is 0. The third-order valence-electron chi connectivity index (χ3n) is 4.66. The predicted molar refractivity (Wildman–Crippen MR) is 88.2 cm³/mol. The van der Waals surface area contributed by atoms with Crippen molar-refractivity contribution in [3.63, 3.8) is 0 Å². The molecule has 0 aliphatic heterocycles. The number of furan rings is 1. The number of aromatic hydroxyl groups is 1. The molecule has 1 aliphatic rings. The summed E-state index contributed by atoms with van der Waals surface area (Å²) in [6.45, 7) is 0. The second kappa shape index (κ2) is 4.14. The summed E-state index contributed by atoms with van der Waals surface area (Å²) in [5.74, 6) is 0.318. The molecule has 1 aliphatic carbocycles. The lowest BCUT2D eigenvalue weighted by atomic mass is 9.84. The van der Waals surface area contributed by atoms with Gasteiger partial charge in [-0.25, -0.2) is 0 Å². The SMILES string of the molecule is Oc1cc2c(c3oc4ccccc4c13)-c1ccccc1CC2. The average molecular weight is 286 g/mol. The van der Waals surface area contributed by atoms with Gasteiger partial charge in [0.1, 0.15) is 16.9 Å². The molecule has 0 atom stereocenters.